The summed E-state index contributed by atoms with van der Waals surface area (Å²) in [5.41, 5.74) is 7.67. The number of carbonyl (C=O) groups is 2. The van der Waals surface area contributed by atoms with Crippen molar-refractivity contribution in [3.8, 4) is 5.69 Å². The molecule has 4 aromatic rings. The van der Waals surface area contributed by atoms with E-state index in [1.165, 1.54) is 7.05 Å². The molecule has 36 heavy (non-hydrogen) atoms. The zero-order valence-corrected chi connectivity index (χ0v) is 20.2. The van der Waals surface area contributed by atoms with E-state index in [2.05, 4.69) is 0 Å². The van der Waals surface area contributed by atoms with Crippen LogP contribution < -0.4 is 17.0 Å². The molecule has 0 atom stereocenters. The molecule has 0 saturated carbocycles. The van der Waals surface area contributed by atoms with Crippen molar-refractivity contribution in [2.24, 2.45) is 7.05 Å². The molecular formula is C27H26N4O5. The van der Waals surface area contributed by atoms with E-state index in [-0.39, 0.29) is 12.4 Å². The summed E-state index contributed by atoms with van der Waals surface area (Å²) < 4.78 is 9.16. The second-order valence-electron chi connectivity index (χ2n) is 8.43. The molecule has 9 heteroatoms. The minimum absolute atomic E-state index is 0.0746. The lowest BCUT2D eigenvalue weighted by Crippen LogP contribution is -2.43. The Morgan fingerprint density at radius 2 is 1.56 bits per heavy atom. The van der Waals surface area contributed by atoms with Crippen LogP contribution in [0.15, 0.2) is 76.3 Å². The number of hydrogen-bond donors (Lipinski definition) is 1. The Morgan fingerprint density at radius 3 is 2.19 bits per heavy atom. The average molecular weight is 487 g/mol. The van der Waals surface area contributed by atoms with Crippen molar-refractivity contribution in [3.05, 3.63) is 116 Å². The molecule has 0 spiro atoms. The van der Waals surface area contributed by atoms with Crippen molar-refractivity contribution in [1.29, 1.82) is 0 Å². The first-order valence-corrected chi connectivity index (χ1v) is 11.3. The number of anilines is 1. The van der Waals surface area contributed by atoms with Crippen LogP contribution in [0.5, 0.6) is 0 Å². The topological polar surface area (TPSA) is 118 Å². The molecule has 0 bridgehead atoms. The molecule has 4 rings (SSSR count). The van der Waals surface area contributed by atoms with Gasteiger partial charge in [0.2, 0.25) is 5.78 Å². The number of aryl methyl sites for hydroxylation is 1. The molecule has 9 nitrogen and oxygen atoms in total. The van der Waals surface area contributed by atoms with Crippen LogP contribution in [-0.2, 0) is 18.3 Å². The predicted octanol–water partition coefficient (Wildman–Crippen LogP) is 2.62. The Hall–Kier alpha value is -4.66. The summed E-state index contributed by atoms with van der Waals surface area (Å²) in [6.07, 6.45) is 0. The number of ketones is 1. The maximum absolute atomic E-state index is 13.0. The van der Waals surface area contributed by atoms with Gasteiger partial charge in [0.25, 0.3) is 5.56 Å². The largest absolute Gasteiger partial charge is 0.454 e. The number of rotatable bonds is 7. The van der Waals surface area contributed by atoms with Crippen LogP contribution >= 0.6 is 0 Å². The molecule has 0 saturated heterocycles. The lowest BCUT2D eigenvalue weighted by molar-refractivity contribution is 0.0473. The second-order valence-corrected chi connectivity index (χ2v) is 8.43. The standard InChI is InChI=1S/C27H26N4O5/c1-17-14-21(18(2)31(17)20-12-8-5-9-13-20)26(34)36-16-22(32)23-24(28)30(27(35)29(3)25(23)33)15-19-10-6-4-7-11-19/h4-14H,15-16,28H2,1-3H3. The van der Waals surface area contributed by atoms with Gasteiger partial charge in [-0.05, 0) is 37.6 Å². The van der Waals surface area contributed by atoms with Crippen LogP contribution in [0.4, 0.5) is 5.82 Å². The molecule has 2 aromatic carbocycles. The fourth-order valence-corrected chi connectivity index (χ4v) is 4.19. The van der Waals surface area contributed by atoms with Crippen LogP contribution in [0.25, 0.3) is 5.69 Å². The van der Waals surface area contributed by atoms with E-state index in [0.717, 1.165) is 26.1 Å². The molecule has 184 valence electrons. The Labute approximate surface area is 207 Å². The van der Waals surface area contributed by atoms with E-state index in [1.807, 2.05) is 47.9 Å². The third-order valence-corrected chi connectivity index (χ3v) is 6.05. The minimum atomic E-state index is -0.842. The van der Waals surface area contributed by atoms with Crippen LogP contribution in [-0.4, -0.2) is 32.1 Å². The van der Waals surface area contributed by atoms with E-state index < -0.39 is 35.2 Å². The first-order chi connectivity index (χ1) is 17.2. The van der Waals surface area contributed by atoms with Gasteiger partial charge in [0, 0.05) is 24.1 Å². The summed E-state index contributed by atoms with van der Waals surface area (Å²) in [5.74, 6) is -1.76. The van der Waals surface area contributed by atoms with Crippen molar-refractivity contribution >= 4 is 17.6 Å². The highest BCUT2D eigenvalue weighted by molar-refractivity contribution is 6.02. The van der Waals surface area contributed by atoms with Crippen molar-refractivity contribution in [2.45, 2.75) is 20.4 Å². The molecular weight excluding hydrogens is 460 g/mol. The number of nitrogens with zero attached hydrogens (tertiary/aromatic N) is 3. The molecule has 0 unspecified atom stereocenters. The molecule has 2 N–H and O–H groups in total. The van der Waals surface area contributed by atoms with Crippen molar-refractivity contribution in [3.63, 3.8) is 0 Å². The van der Waals surface area contributed by atoms with Gasteiger partial charge in [-0.3, -0.25) is 18.7 Å². The number of Topliss-reactive ketones (excluding diaryl/α,β-unsaturated/α-hetero) is 1. The van der Waals surface area contributed by atoms with Crippen molar-refractivity contribution in [1.82, 2.24) is 13.7 Å². The third kappa shape index (κ3) is 4.50. The Kier molecular flexibility index (Phi) is 6.73. The van der Waals surface area contributed by atoms with Gasteiger partial charge in [0.05, 0.1) is 12.1 Å². The number of aromatic nitrogens is 3. The van der Waals surface area contributed by atoms with Crippen LogP contribution in [0.1, 0.15) is 37.7 Å². The molecule has 2 aromatic heterocycles. The van der Waals surface area contributed by atoms with E-state index in [9.17, 15) is 19.2 Å². The van der Waals surface area contributed by atoms with Gasteiger partial charge in [0.15, 0.2) is 6.61 Å². The van der Waals surface area contributed by atoms with E-state index in [4.69, 9.17) is 10.5 Å². The number of benzene rings is 2. The monoisotopic (exact) mass is 486 g/mol. The Morgan fingerprint density at radius 1 is 0.944 bits per heavy atom. The number of ether oxygens (including phenoxy) is 1. The van der Waals surface area contributed by atoms with Crippen LogP contribution in [0, 0.1) is 13.8 Å². The van der Waals surface area contributed by atoms with Crippen molar-refractivity contribution in [2.75, 3.05) is 12.3 Å². The summed E-state index contributed by atoms with van der Waals surface area (Å²) in [6.45, 7) is 3.02. The summed E-state index contributed by atoms with van der Waals surface area (Å²) in [5, 5.41) is 0. The Balaban J connectivity index is 1.59. The fourth-order valence-electron chi connectivity index (χ4n) is 4.19. The number of nitrogen functional groups attached to an aromatic ring is 1. The van der Waals surface area contributed by atoms with Crippen LogP contribution in [0.2, 0.25) is 0 Å². The van der Waals surface area contributed by atoms with Crippen LogP contribution in [0.3, 0.4) is 0 Å². The number of carbonyl (C=O) groups excluding carboxylic acids is 2. The smallest absolute Gasteiger partial charge is 0.340 e. The third-order valence-electron chi connectivity index (χ3n) is 6.05. The number of nitrogens with two attached hydrogens (primary N) is 1. The maximum Gasteiger partial charge on any atom is 0.340 e. The fraction of sp³-hybridized carbons (Fsp3) is 0.185. The SMILES string of the molecule is Cc1cc(C(=O)OCC(=O)c2c(N)n(Cc3ccccc3)c(=O)n(C)c2=O)c(C)n1-c1ccccc1. The zero-order valence-electron chi connectivity index (χ0n) is 20.2. The predicted molar refractivity (Wildman–Crippen MR) is 136 cm³/mol. The highest BCUT2D eigenvalue weighted by Gasteiger charge is 2.24. The summed E-state index contributed by atoms with van der Waals surface area (Å²) in [7, 11) is 1.27. The van der Waals surface area contributed by atoms with Gasteiger partial charge >= 0.3 is 11.7 Å². The van der Waals surface area contributed by atoms with Gasteiger partial charge in [-0.2, -0.15) is 0 Å². The zero-order chi connectivity index (χ0) is 26.0. The molecule has 0 aliphatic rings. The number of hydrogen-bond acceptors (Lipinski definition) is 6. The minimum Gasteiger partial charge on any atom is -0.454 e. The highest BCUT2D eigenvalue weighted by atomic mass is 16.5. The number of esters is 1. The first-order valence-electron chi connectivity index (χ1n) is 11.3. The highest BCUT2D eigenvalue weighted by Crippen LogP contribution is 2.21. The maximum atomic E-state index is 13.0. The molecule has 0 amide bonds. The normalized spacial score (nSPS) is 10.9. The van der Waals surface area contributed by atoms with E-state index >= 15 is 0 Å². The summed E-state index contributed by atoms with van der Waals surface area (Å²) >= 11 is 0. The number of para-hydroxylation sites is 1. The molecule has 0 aliphatic heterocycles. The van der Waals surface area contributed by atoms with Gasteiger partial charge in [0.1, 0.15) is 11.4 Å². The molecule has 0 fully saturated rings. The van der Waals surface area contributed by atoms with E-state index in [0.29, 0.717) is 11.3 Å². The van der Waals surface area contributed by atoms with Crippen molar-refractivity contribution < 1.29 is 14.3 Å². The second kappa shape index (κ2) is 9.91. The average Bonchev–Trinajstić information content (AvgIpc) is 3.18. The quantitative estimate of drug-likeness (QED) is 0.317. The molecule has 0 aliphatic carbocycles. The van der Waals surface area contributed by atoms with E-state index in [1.54, 1.807) is 37.3 Å². The lowest BCUT2D eigenvalue weighted by atomic mass is 10.2. The molecule has 0 radical (unpaired) electrons. The Bertz CT molecular complexity index is 1560. The van der Waals surface area contributed by atoms with Gasteiger partial charge < -0.3 is 15.0 Å². The van der Waals surface area contributed by atoms with Gasteiger partial charge in [-0.25, -0.2) is 9.59 Å². The summed E-state index contributed by atoms with van der Waals surface area (Å²) in [4.78, 5) is 51.2. The van der Waals surface area contributed by atoms with Gasteiger partial charge in [-0.15, -0.1) is 0 Å². The van der Waals surface area contributed by atoms with Gasteiger partial charge in [-0.1, -0.05) is 48.5 Å². The molecule has 2 heterocycles. The lowest BCUT2D eigenvalue weighted by Gasteiger charge is -2.15. The first kappa shape index (κ1) is 24.5. The summed E-state index contributed by atoms with van der Waals surface area (Å²) in [6, 6.07) is 20.2.